The van der Waals surface area contributed by atoms with Gasteiger partial charge in [-0.2, -0.15) is 0 Å². The van der Waals surface area contributed by atoms with E-state index in [9.17, 15) is 14.4 Å². The Balaban J connectivity index is 1.14. The molecule has 10 heteroatoms. The third kappa shape index (κ3) is 7.56. The second kappa shape index (κ2) is 17.2. The second-order valence-electron chi connectivity index (χ2n) is 22.7. The van der Waals surface area contributed by atoms with Gasteiger partial charge in [-0.3, -0.25) is 14.4 Å². The maximum Gasteiger partial charge on any atom is 0.307 e. The molecule has 10 nitrogen and oxygen atoms in total. The van der Waals surface area contributed by atoms with Crippen LogP contribution in [0, 0.1) is 74.4 Å². The molecule has 0 N–H and O–H groups in total. The Hall–Kier alpha value is -2.27. The minimum Gasteiger partial charge on any atom is -0.458 e. The Morgan fingerprint density at radius 1 is 0.677 bits per heavy atom. The topological polar surface area (TPSA) is 116 Å². The average Bonchev–Trinajstić information content (AvgIpc) is 3.60. The summed E-state index contributed by atoms with van der Waals surface area (Å²) in [5, 5.41) is 0. The lowest BCUT2D eigenvalue weighted by Gasteiger charge is -2.73. The van der Waals surface area contributed by atoms with E-state index >= 15 is 0 Å². The van der Waals surface area contributed by atoms with Crippen LogP contribution in [0.4, 0.5) is 0 Å². The molecule has 0 spiro atoms. The van der Waals surface area contributed by atoms with Crippen LogP contribution in [-0.4, -0.2) is 67.6 Å². The molecule has 7 rings (SSSR count). The van der Waals surface area contributed by atoms with Crippen molar-refractivity contribution in [1.29, 1.82) is 0 Å². The van der Waals surface area contributed by atoms with E-state index in [1.54, 1.807) is 0 Å². The summed E-state index contributed by atoms with van der Waals surface area (Å²) < 4.78 is 44.8. The van der Waals surface area contributed by atoms with E-state index in [0.717, 1.165) is 51.4 Å². The third-order valence-corrected chi connectivity index (χ3v) is 20.0. The third-order valence-electron chi connectivity index (χ3n) is 20.0. The molecule has 7 aliphatic rings. The minimum atomic E-state index is -0.971. The number of fused-ring (bicyclic) bond motifs is 7. The van der Waals surface area contributed by atoms with Crippen molar-refractivity contribution < 1.29 is 47.5 Å². The second-order valence-corrected chi connectivity index (χ2v) is 22.7. The molecule has 5 saturated carbocycles. The van der Waals surface area contributed by atoms with E-state index in [2.05, 4.69) is 68.5 Å². The molecule has 20 atom stereocenters. The van der Waals surface area contributed by atoms with Gasteiger partial charge in [0.25, 0.3) is 0 Å². The normalized spacial score (nSPS) is 49.9. The van der Waals surface area contributed by atoms with Crippen LogP contribution in [0.1, 0.15) is 161 Å². The van der Waals surface area contributed by atoms with Crippen LogP contribution in [0.5, 0.6) is 0 Å². The first-order valence-corrected chi connectivity index (χ1v) is 24.4. The molecule has 0 amide bonds. The highest BCUT2D eigenvalue weighted by Gasteiger charge is 2.72. The lowest BCUT2D eigenvalue weighted by atomic mass is 9.32. The number of allylic oxidation sites excluding steroid dienone is 2. The number of hydrogen-bond donors (Lipinski definition) is 0. The quantitative estimate of drug-likeness (QED) is 0.0691. The number of carbonyl (C=O) groups excluding carboxylic acids is 3. The zero-order valence-corrected chi connectivity index (χ0v) is 40.6. The van der Waals surface area contributed by atoms with E-state index in [0.29, 0.717) is 42.0 Å². The van der Waals surface area contributed by atoms with Crippen molar-refractivity contribution in [3.05, 3.63) is 24.5 Å². The zero-order valence-electron chi connectivity index (χ0n) is 40.6. The summed E-state index contributed by atoms with van der Waals surface area (Å²) in [6, 6.07) is 0. The smallest absolute Gasteiger partial charge is 0.307 e. The van der Waals surface area contributed by atoms with E-state index in [1.165, 1.54) is 45.6 Å². The van der Waals surface area contributed by atoms with Crippen molar-refractivity contribution in [3.63, 3.8) is 0 Å². The molecular formula is C52H82O10. The first-order chi connectivity index (χ1) is 29.0. The summed E-state index contributed by atoms with van der Waals surface area (Å²) in [4.78, 5) is 37.1. The van der Waals surface area contributed by atoms with Crippen molar-refractivity contribution in [1.82, 2.24) is 0 Å². The van der Waals surface area contributed by atoms with Crippen LogP contribution in [0.3, 0.4) is 0 Å². The molecule has 0 radical (unpaired) electrons. The molecule has 0 aromatic heterocycles. The van der Waals surface area contributed by atoms with Crippen molar-refractivity contribution in [2.24, 2.45) is 74.4 Å². The largest absolute Gasteiger partial charge is 0.458 e. The predicted molar refractivity (Wildman–Crippen MR) is 237 cm³/mol. The van der Waals surface area contributed by atoms with Crippen LogP contribution >= 0.6 is 0 Å². The van der Waals surface area contributed by atoms with Gasteiger partial charge in [0.1, 0.15) is 18.0 Å². The highest BCUT2D eigenvalue weighted by Crippen LogP contribution is 2.78. The fourth-order valence-corrected chi connectivity index (χ4v) is 16.0. The van der Waals surface area contributed by atoms with Gasteiger partial charge in [0, 0.05) is 32.1 Å². The van der Waals surface area contributed by atoms with Gasteiger partial charge in [0.2, 0.25) is 0 Å². The summed E-state index contributed by atoms with van der Waals surface area (Å²) in [7, 11) is 0. The van der Waals surface area contributed by atoms with Crippen LogP contribution in [-0.2, 0) is 47.5 Å². The molecule has 62 heavy (non-hydrogen) atoms. The Morgan fingerprint density at radius 2 is 1.35 bits per heavy atom. The summed E-state index contributed by atoms with van der Waals surface area (Å²) >= 11 is 0. The lowest BCUT2D eigenvalue weighted by Crippen LogP contribution is -2.67. The van der Waals surface area contributed by atoms with Gasteiger partial charge in [0.05, 0.1) is 18.8 Å². The van der Waals surface area contributed by atoms with Gasteiger partial charge in [-0.25, -0.2) is 0 Å². The summed E-state index contributed by atoms with van der Waals surface area (Å²) in [5.74, 6) is 1.88. The van der Waals surface area contributed by atoms with E-state index in [4.69, 9.17) is 33.2 Å². The highest BCUT2D eigenvalue weighted by molar-refractivity contribution is 5.68. The molecule has 5 unspecified atom stereocenters. The zero-order chi connectivity index (χ0) is 45.5. The molecule has 2 aliphatic heterocycles. The van der Waals surface area contributed by atoms with Crippen LogP contribution in [0.15, 0.2) is 24.5 Å². The van der Waals surface area contributed by atoms with Gasteiger partial charge < -0.3 is 33.2 Å². The van der Waals surface area contributed by atoms with E-state index in [1.807, 2.05) is 13.8 Å². The van der Waals surface area contributed by atoms with E-state index < -0.39 is 42.8 Å². The van der Waals surface area contributed by atoms with E-state index in [-0.39, 0.29) is 63.0 Å². The van der Waals surface area contributed by atoms with Crippen molar-refractivity contribution in [2.45, 2.75) is 204 Å². The van der Waals surface area contributed by atoms with Crippen LogP contribution < -0.4 is 0 Å². The maximum absolute atomic E-state index is 12.5. The molecule has 0 aromatic carbocycles. The standard InChI is InChI=1S/C52H82O10/c1-16-48(12)39-20-23-51(15)40(18-17-38-42-37(28(2)3)19-24-52(42,26-25-50(38,51)14)33(8)58-34(9)53)49(39,13)22-21-41(48)61-46-44(30(5)29(4)27-56-46)62-47-45(60-36(11)55)43(59-35(10)54)31(6)32(7)57-47/h29-32,37-47H,2,8,16-27H2,1,3-7,9-15H3/t29-,30-,31-,32-,37?,38?,39-,40?,41-,42?,43+,44+,45+,46-,47?,48-,49-,50+,51+,52+/m0/s1. The van der Waals surface area contributed by atoms with Gasteiger partial charge in [-0.1, -0.05) is 74.1 Å². The van der Waals surface area contributed by atoms with Gasteiger partial charge in [-0.15, -0.1) is 0 Å². The summed E-state index contributed by atoms with van der Waals surface area (Å²) in [5.41, 5.74) is 1.43. The minimum absolute atomic E-state index is 0.0414. The molecule has 7 fully saturated rings. The predicted octanol–water partition coefficient (Wildman–Crippen LogP) is 10.8. The molecule has 2 saturated heterocycles. The van der Waals surface area contributed by atoms with Crippen molar-refractivity contribution >= 4 is 17.9 Å². The molecule has 5 aliphatic carbocycles. The maximum atomic E-state index is 12.5. The molecule has 2 heterocycles. The molecule has 0 bridgehead atoms. The number of hydrogen-bond acceptors (Lipinski definition) is 10. The highest BCUT2D eigenvalue weighted by atomic mass is 16.8. The van der Waals surface area contributed by atoms with Crippen LogP contribution in [0.2, 0.25) is 0 Å². The van der Waals surface area contributed by atoms with Crippen LogP contribution in [0.25, 0.3) is 0 Å². The van der Waals surface area contributed by atoms with Gasteiger partial charge >= 0.3 is 17.9 Å². The first-order valence-electron chi connectivity index (χ1n) is 24.4. The van der Waals surface area contributed by atoms with Gasteiger partial charge in [0.15, 0.2) is 18.7 Å². The first kappa shape index (κ1) is 47.7. The molecule has 350 valence electrons. The number of rotatable bonds is 10. The van der Waals surface area contributed by atoms with Crippen molar-refractivity contribution in [2.75, 3.05) is 6.61 Å². The fourth-order valence-electron chi connectivity index (χ4n) is 16.0. The van der Waals surface area contributed by atoms with Crippen molar-refractivity contribution in [3.8, 4) is 0 Å². The Labute approximate surface area is 373 Å². The Kier molecular flexibility index (Phi) is 13.2. The monoisotopic (exact) mass is 867 g/mol. The van der Waals surface area contributed by atoms with Gasteiger partial charge in [-0.05, 0) is 148 Å². The lowest BCUT2D eigenvalue weighted by molar-refractivity contribution is -0.353. The Morgan fingerprint density at radius 3 is 1.98 bits per heavy atom. The SMILES string of the molecule is C=C(C)C1CC[C@]2(C(=C)OC(C)=O)CC[C@]3(C)C(CCC4[C@@]5(C)CC[C@H](O[C@@H]6OC[C@H](C)[C@H](C)[C@H]6OC6O[C@@H](C)[C@H](C)[C@@H](OC(C)=O)[C@H]6OC(C)=O)[C@@](C)(CC)[C@@H]5CC[C@]43C)C12. The fraction of sp³-hybridized carbons (Fsp3) is 0.865. The molecule has 0 aromatic rings. The Bertz CT molecular complexity index is 1740. The average molecular weight is 867 g/mol. The summed E-state index contributed by atoms with van der Waals surface area (Å²) in [6.07, 6.45) is 7.86. The molecular weight excluding hydrogens is 785 g/mol. The summed E-state index contributed by atoms with van der Waals surface area (Å²) in [6.45, 7) is 37.0. The number of esters is 3. The number of carbonyl (C=O) groups is 3. The number of ether oxygens (including phenoxy) is 7.